The average molecular weight is 410 g/mol. The van der Waals surface area contributed by atoms with Gasteiger partial charge in [0.1, 0.15) is 11.5 Å². The van der Waals surface area contributed by atoms with E-state index in [1.807, 2.05) is 38.1 Å². The Kier molecular flexibility index (Phi) is 8.42. The quantitative estimate of drug-likeness (QED) is 0.491. The number of hydrogen-bond acceptors (Lipinski definition) is 3. The maximum atomic E-state index is 5.63. The van der Waals surface area contributed by atoms with E-state index >= 15 is 0 Å². The average Bonchev–Trinajstić information content (AvgIpc) is 2.79. The summed E-state index contributed by atoms with van der Waals surface area (Å²) in [7, 11) is 0. The Morgan fingerprint density at radius 1 is 0.833 bits per heavy atom. The summed E-state index contributed by atoms with van der Waals surface area (Å²) in [4.78, 5) is 7.21. The zero-order valence-corrected chi connectivity index (χ0v) is 18.6. The molecule has 2 aromatic rings. The normalized spacial score (nSPS) is 14.7. The lowest BCUT2D eigenvalue weighted by molar-refractivity contribution is 0.328. The molecule has 0 bridgehead atoms. The van der Waals surface area contributed by atoms with E-state index in [-0.39, 0.29) is 6.04 Å². The molecule has 0 aromatic heterocycles. The minimum Gasteiger partial charge on any atom is -0.494 e. The number of rotatable bonds is 8. The molecular weight excluding hydrogens is 374 g/mol. The summed E-state index contributed by atoms with van der Waals surface area (Å²) in [6.07, 6.45) is 3.75. The molecule has 1 N–H and O–H groups in total. The minimum atomic E-state index is 0.00331. The third kappa shape index (κ3) is 5.91. The lowest BCUT2D eigenvalue weighted by Gasteiger charge is -2.33. The molecule has 5 heteroatoms. The Hall–Kier alpha value is -2.69. The van der Waals surface area contributed by atoms with Crippen LogP contribution in [0, 0.1) is 0 Å². The molecule has 1 saturated heterocycles. The number of aliphatic imine (C=N–C) groups is 1. The van der Waals surface area contributed by atoms with Crippen LogP contribution in [-0.2, 0) is 0 Å². The Morgan fingerprint density at radius 2 is 1.33 bits per heavy atom. The molecule has 1 fully saturated rings. The summed E-state index contributed by atoms with van der Waals surface area (Å²) >= 11 is 0. The molecule has 1 heterocycles. The van der Waals surface area contributed by atoms with E-state index in [0.29, 0.717) is 13.2 Å². The lowest BCUT2D eigenvalue weighted by Crippen LogP contribution is -2.45. The standard InChI is InChI=1S/C25H35N3O2/c1-4-26-25(28-18-8-7-9-19-28)27-24(20-10-14-22(15-11-20)29-5-2)21-12-16-23(17-13-21)30-6-3/h10-17,24H,4-9,18-19H2,1-3H3,(H,26,27). The fraction of sp³-hybridized carbons (Fsp3) is 0.480. The molecule has 0 aliphatic carbocycles. The summed E-state index contributed by atoms with van der Waals surface area (Å²) in [5, 5.41) is 3.75. The Labute approximate surface area is 181 Å². The number of ether oxygens (including phenoxy) is 2. The first-order chi connectivity index (χ1) is 14.7. The molecule has 5 nitrogen and oxygen atoms in total. The van der Waals surface area contributed by atoms with E-state index in [1.54, 1.807) is 0 Å². The number of hydrogen-bond donors (Lipinski definition) is 1. The predicted molar refractivity (Wildman–Crippen MR) is 124 cm³/mol. The summed E-state index contributed by atoms with van der Waals surface area (Å²) in [6.45, 7) is 10.3. The molecule has 0 spiro atoms. The van der Waals surface area contributed by atoms with Crippen molar-refractivity contribution >= 4 is 5.96 Å². The molecule has 0 amide bonds. The largest absolute Gasteiger partial charge is 0.494 e. The molecular formula is C25H35N3O2. The van der Waals surface area contributed by atoms with Crippen molar-refractivity contribution in [3.05, 3.63) is 59.7 Å². The van der Waals surface area contributed by atoms with Crippen molar-refractivity contribution in [2.75, 3.05) is 32.8 Å². The number of nitrogens with zero attached hydrogens (tertiary/aromatic N) is 2. The third-order valence-electron chi connectivity index (χ3n) is 5.29. The maximum absolute atomic E-state index is 5.63. The van der Waals surface area contributed by atoms with Crippen LogP contribution in [-0.4, -0.2) is 43.7 Å². The molecule has 0 atom stereocenters. The predicted octanol–water partition coefficient (Wildman–Crippen LogP) is 5.02. The summed E-state index contributed by atoms with van der Waals surface area (Å²) in [5.74, 6) is 2.78. The topological polar surface area (TPSA) is 46.1 Å². The highest BCUT2D eigenvalue weighted by Gasteiger charge is 2.21. The fourth-order valence-corrected chi connectivity index (χ4v) is 3.83. The first-order valence-corrected chi connectivity index (χ1v) is 11.3. The van der Waals surface area contributed by atoms with Crippen molar-refractivity contribution in [2.45, 2.75) is 46.1 Å². The smallest absolute Gasteiger partial charge is 0.194 e. The van der Waals surface area contributed by atoms with Gasteiger partial charge in [-0.05, 0) is 75.4 Å². The van der Waals surface area contributed by atoms with Crippen LogP contribution >= 0.6 is 0 Å². The monoisotopic (exact) mass is 409 g/mol. The zero-order chi connectivity index (χ0) is 21.2. The second-order valence-corrected chi connectivity index (χ2v) is 7.43. The van der Waals surface area contributed by atoms with Gasteiger partial charge in [0, 0.05) is 19.6 Å². The number of likely N-dealkylation sites (tertiary alicyclic amines) is 1. The van der Waals surface area contributed by atoms with E-state index in [0.717, 1.165) is 37.1 Å². The first-order valence-electron chi connectivity index (χ1n) is 11.3. The Balaban J connectivity index is 1.90. The van der Waals surface area contributed by atoms with E-state index in [1.165, 1.54) is 30.4 Å². The van der Waals surface area contributed by atoms with Crippen LogP contribution in [0.25, 0.3) is 0 Å². The van der Waals surface area contributed by atoms with Crippen molar-refractivity contribution in [3.8, 4) is 11.5 Å². The first kappa shape index (κ1) is 22.0. The van der Waals surface area contributed by atoms with E-state index < -0.39 is 0 Å². The van der Waals surface area contributed by atoms with E-state index in [4.69, 9.17) is 14.5 Å². The van der Waals surface area contributed by atoms with Gasteiger partial charge in [0.25, 0.3) is 0 Å². The van der Waals surface area contributed by atoms with Crippen LogP contribution in [0.5, 0.6) is 11.5 Å². The van der Waals surface area contributed by atoms with E-state index in [2.05, 4.69) is 41.4 Å². The van der Waals surface area contributed by atoms with Gasteiger partial charge in [-0.2, -0.15) is 0 Å². The highest BCUT2D eigenvalue weighted by atomic mass is 16.5. The zero-order valence-electron chi connectivity index (χ0n) is 18.6. The van der Waals surface area contributed by atoms with Crippen LogP contribution in [0.1, 0.15) is 57.2 Å². The van der Waals surface area contributed by atoms with Crippen LogP contribution in [0.2, 0.25) is 0 Å². The summed E-state index contributed by atoms with van der Waals surface area (Å²) in [6, 6.07) is 16.7. The molecule has 162 valence electrons. The fourth-order valence-electron chi connectivity index (χ4n) is 3.83. The third-order valence-corrected chi connectivity index (χ3v) is 5.29. The van der Waals surface area contributed by atoms with Gasteiger partial charge in [-0.3, -0.25) is 4.99 Å². The van der Waals surface area contributed by atoms with Crippen LogP contribution in [0.3, 0.4) is 0 Å². The van der Waals surface area contributed by atoms with Crippen molar-refractivity contribution in [1.29, 1.82) is 0 Å². The highest BCUT2D eigenvalue weighted by molar-refractivity contribution is 5.81. The van der Waals surface area contributed by atoms with Crippen LogP contribution in [0.4, 0.5) is 0 Å². The van der Waals surface area contributed by atoms with Gasteiger partial charge in [-0.25, -0.2) is 0 Å². The molecule has 30 heavy (non-hydrogen) atoms. The molecule has 3 rings (SSSR count). The number of nitrogens with one attached hydrogen (secondary N) is 1. The highest BCUT2D eigenvalue weighted by Crippen LogP contribution is 2.27. The summed E-state index contributed by atoms with van der Waals surface area (Å²) < 4.78 is 11.3. The van der Waals surface area contributed by atoms with Gasteiger partial charge in [0.15, 0.2) is 5.96 Å². The Morgan fingerprint density at radius 3 is 1.77 bits per heavy atom. The molecule has 0 saturated carbocycles. The molecule has 2 aromatic carbocycles. The van der Waals surface area contributed by atoms with Gasteiger partial charge >= 0.3 is 0 Å². The van der Waals surface area contributed by atoms with Crippen molar-refractivity contribution in [2.24, 2.45) is 4.99 Å². The second kappa shape index (κ2) is 11.5. The van der Waals surface area contributed by atoms with Crippen LogP contribution < -0.4 is 14.8 Å². The van der Waals surface area contributed by atoms with Crippen LogP contribution in [0.15, 0.2) is 53.5 Å². The number of benzene rings is 2. The summed E-state index contributed by atoms with van der Waals surface area (Å²) in [5.41, 5.74) is 2.37. The molecule has 0 radical (unpaired) electrons. The van der Waals surface area contributed by atoms with Crippen molar-refractivity contribution in [3.63, 3.8) is 0 Å². The molecule has 1 aliphatic heterocycles. The molecule has 0 unspecified atom stereocenters. The van der Waals surface area contributed by atoms with Gasteiger partial charge in [-0.1, -0.05) is 24.3 Å². The van der Waals surface area contributed by atoms with Gasteiger partial charge < -0.3 is 19.7 Å². The van der Waals surface area contributed by atoms with Crippen molar-refractivity contribution in [1.82, 2.24) is 10.2 Å². The lowest BCUT2D eigenvalue weighted by atomic mass is 9.98. The molecule has 1 aliphatic rings. The Bertz CT molecular complexity index is 732. The van der Waals surface area contributed by atoms with E-state index in [9.17, 15) is 0 Å². The maximum Gasteiger partial charge on any atom is 0.194 e. The second-order valence-electron chi connectivity index (χ2n) is 7.43. The number of guanidine groups is 1. The SMILES string of the molecule is CC/N=C(/NC(c1ccc(OCC)cc1)c1ccc(OCC)cc1)N1CCCCC1. The van der Waals surface area contributed by atoms with Gasteiger partial charge in [-0.15, -0.1) is 0 Å². The minimum absolute atomic E-state index is 0.00331. The number of piperidine rings is 1. The van der Waals surface area contributed by atoms with Gasteiger partial charge in [0.05, 0.1) is 19.3 Å². The van der Waals surface area contributed by atoms with Crippen molar-refractivity contribution < 1.29 is 9.47 Å². The van der Waals surface area contributed by atoms with Gasteiger partial charge in [0.2, 0.25) is 0 Å².